The fourth-order valence-corrected chi connectivity index (χ4v) is 3.04. The Balaban J connectivity index is 2.51. The molecule has 1 unspecified atom stereocenters. The van der Waals surface area contributed by atoms with Crippen molar-refractivity contribution in [2.45, 2.75) is 65.3 Å². The van der Waals surface area contributed by atoms with Gasteiger partial charge in [-0.25, -0.2) is 4.79 Å². The molecule has 6 heteroatoms. The van der Waals surface area contributed by atoms with Crippen LogP contribution in [-0.2, 0) is 4.79 Å². The lowest BCUT2D eigenvalue weighted by atomic mass is 9.96. The number of carbonyl (C=O) groups is 2. The minimum absolute atomic E-state index is 0.00352. The largest absolute Gasteiger partial charge is 0.396 e. The van der Waals surface area contributed by atoms with E-state index in [1.165, 1.54) is 0 Å². The topological polar surface area (TPSA) is 81.7 Å². The normalized spacial score (nSPS) is 17.0. The molecular weight excluding hydrogens is 306 g/mol. The van der Waals surface area contributed by atoms with E-state index in [0.717, 1.165) is 32.1 Å². The predicted molar refractivity (Wildman–Crippen MR) is 95.7 cm³/mol. The van der Waals surface area contributed by atoms with Crippen molar-refractivity contribution in [2.75, 3.05) is 26.2 Å². The molecule has 24 heavy (non-hydrogen) atoms. The summed E-state index contributed by atoms with van der Waals surface area (Å²) in [7, 11) is 0. The van der Waals surface area contributed by atoms with E-state index >= 15 is 0 Å². The van der Waals surface area contributed by atoms with E-state index in [0.29, 0.717) is 37.9 Å². The third-order valence-electron chi connectivity index (χ3n) is 4.56. The highest BCUT2D eigenvalue weighted by Crippen LogP contribution is 2.18. The quantitative estimate of drug-likeness (QED) is 0.562. The van der Waals surface area contributed by atoms with Crippen molar-refractivity contribution in [3.05, 3.63) is 0 Å². The third-order valence-corrected chi connectivity index (χ3v) is 4.56. The van der Waals surface area contributed by atoms with Crippen LogP contribution in [-0.4, -0.2) is 54.2 Å². The van der Waals surface area contributed by atoms with Gasteiger partial charge in [-0.15, -0.1) is 0 Å². The van der Waals surface area contributed by atoms with Gasteiger partial charge in [-0.1, -0.05) is 33.6 Å². The van der Waals surface area contributed by atoms with Crippen LogP contribution >= 0.6 is 0 Å². The highest BCUT2D eigenvalue weighted by molar-refractivity contribution is 5.87. The first kappa shape index (κ1) is 20.7. The van der Waals surface area contributed by atoms with Crippen molar-refractivity contribution in [1.29, 1.82) is 0 Å². The molecule has 6 nitrogen and oxygen atoms in total. The van der Waals surface area contributed by atoms with Crippen LogP contribution in [0.1, 0.15) is 59.3 Å². The van der Waals surface area contributed by atoms with Crippen LogP contribution in [0.4, 0.5) is 4.79 Å². The van der Waals surface area contributed by atoms with Crippen LogP contribution in [0.3, 0.4) is 0 Å². The second-order valence-corrected chi connectivity index (χ2v) is 7.24. The molecule has 140 valence electrons. The number of nitrogens with zero attached hydrogens (tertiary/aromatic N) is 1. The van der Waals surface area contributed by atoms with Crippen molar-refractivity contribution in [3.63, 3.8) is 0 Å². The molecule has 0 aromatic heterocycles. The van der Waals surface area contributed by atoms with E-state index < -0.39 is 6.04 Å². The maximum absolute atomic E-state index is 12.8. The van der Waals surface area contributed by atoms with Gasteiger partial charge in [0.2, 0.25) is 5.91 Å². The van der Waals surface area contributed by atoms with Crippen LogP contribution < -0.4 is 10.6 Å². The molecule has 0 radical (unpaired) electrons. The standard InChI is InChI=1S/C18H35N3O3/c1-4-5-6-9-19-18(24)20-16(12-14(2)3)17(23)21-10-7-15(13-22)8-11-21/h14-16,22H,4-13H2,1-3H3,(H2,19,20,24). The monoisotopic (exact) mass is 341 g/mol. The van der Waals surface area contributed by atoms with Crippen molar-refractivity contribution in [2.24, 2.45) is 11.8 Å². The second kappa shape index (κ2) is 11.3. The number of aliphatic hydroxyl groups excluding tert-OH is 1. The minimum atomic E-state index is -0.471. The number of carbonyl (C=O) groups excluding carboxylic acids is 2. The fourth-order valence-electron chi connectivity index (χ4n) is 3.04. The van der Waals surface area contributed by atoms with E-state index in [1.807, 2.05) is 4.90 Å². The molecule has 1 aliphatic rings. The Morgan fingerprint density at radius 1 is 1.21 bits per heavy atom. The number of hydrogen-bond donors (Lipinski definition) is 3. The predicted octanol–water partition coefficient (Wildman–Crippen LogP) is 2.12. The molecule has 1 rings (SSSR count). The maximum Gasteiger partial charge on any atom is 0.315 e. The summed E-state index contributed by atoms with van der Waals surface area (Å²) in [6.07, 6.45) is 5.47. The number of likely N-dealkylation sites (tertiary alicyclic amines) is 1. The molecular formula is C18H35N3O3. The minimum Gasteiger partial charge on any atom is -0.396 e. The molecule has 0 saturated carbocycles. The number of nitrogens with one attached hydrogen (secondary N) is 2. The highest BCUT2D eigenvalue weighted by atomic mass is 16.3. The highest BCUT2D eigenvalue weighted by Gasteiger charge is 2.29. The fraction of sp³-hybridized carbons (Fsp3) is 0.889. The van der Waals surface area contributed by atoms with Crippen molar-refractivity contribution < 1.29 is 14.7 Å². The van der Waals surface area contributed by atoms with Gasteiger partial charge in [0.1, 0.15) is 6.04 Å². The van der Waals surface area contributed by atoms with Gasteiger partial charge in [0.05, 0.1) is 0 Å². The summed E-state index contributed by atoms with van der Waals surface area (Å²) < 4.78 is 0. The molecule has 1 fully saturated rings. The molecule has 1 saturated heterocycles. The Morgan fingerprint density at radius 2 is 1.88 bits per heavy atom. The van der Waals surface area contributed by atoms with Gasteiger partial charge < -0.3 is 20.6 Å². The van der Waals surface area contributed by atoms with Crippen molar-refractivity contribution in [3.8, 4) is 0 Å². The van der Waals surface area contributed by atoms with Crippen molar-refractivity contribution >= 4 is 11.9 Å². The van der Waals surface area contributed by atoms with Gasteiger partial charge in [-0.05, 0) is 37.5 Å². The van der Waals surface area contributed by atoms with Crippen molar-refractivity contribution in [1.82, 2.24) is 15.5 Å². The average Bonchev–Trinajstić information content (AvgIpc) is 2.57. The molecule has 0 spiro atoms. The number of piperidine rings is 1. The molecule has 0 aromatic carbocycles. The number of unbranched alkanes of at least 4 members (excludes halogenated alkanes) is 2. The lowest BCUT2D eigenvalue weighted by molar-refractivity contribution is -0.135. The zero-order valence-electron chi connectivity index (χ0n) is 15.5. The SMILES string of the molecule is CCCCCNC(=O)NC(CC(C)C)C(=O)N1CCC(CO)CC1. The van der Waals surface area contributed by atoms with Gasteiger partial charge in [0, 0.05) is 26.2 Å². The van der Waals surface area contributed by atoms with Crippen LogP contribution in [0, 0.1) is 11.8 Å². The summed E-state index contributed by atoms with van der Waals surface area (Å²) in [6.45, 7) is 8.40. The van der Waals surface area contributed by atoms with Gasteiger partial charge in [-0.3, -0.25) is 4.79 Å². The van der Waals surface area contributed by atoms with Crippen LogP contribution in [0.25, 0.3) is 0 Å². The number of hydrogen-bond acceptors (Lipinski definition) is 3. The Kier molecular flexibility index (Phi) is 9.76. The number of amides is 3. The summed E-state index contributed by atoms with van der Waals surface area (Å²) in [5, 5.41) is 14.9. The van der Waals surface area contributed by atoms with E-state index in [1.54, 1.807) is 0 Å². The molecule has 0 aliphatic carbocycles. The number of urea groups is 1. The summed E-state index contributed by atoms with van der Waals surface area (Å²) in [5.74, 6) is 0.630. The Morgan fingerprint density at radius 3 is 2.42 bits per heavy atom. The van der Waals surface area contributed by atoms with E-state index in [4.69, 9.17) is 0 Å². The zero-order chi connectivity index (χ0) is 17.9. The molecule has 0 bridgehead atoms. The van der Waals surface area contributed by atoms with Gasteiger partial charge in [0.25, 0.3) is 0 Å². The first-order valence-corrected chi connectivity index (χ1v) is 9.41. The van der Waals surface area contributed by atoms with Gasteiger partial charge in [0.15, 0.2) is 0 Å². The second-order valence-electron chi connectivity index (χ2n) is 7.24. The summed E-state index contributed by atoms with van der Waals surface area (Å²) in [5.41, 5.74) is 0. The number of rotatable bonds is 9. The van der Waals surface area contributed by atoms with Gasteiger partial charge in [-0.2, -0.15) is 0 Å². The van der Waals surface area contributed by atoms with E-state index in [2.05, 4.69) is 31.4 Å². The molecule has 3 amide bonds. The first-order chi connectivity index (χ1) is 11.5. The lowest BCUT2D eigenvalue weighted by Crippen LogP contribution is -2.53. The maximum atomic E-state index is 12.8. The summed E-state index contributed by atoms with van der Waals surface area (Å²) in [6, 6.07) is -0.725. The zero-order valence-corrected chi connectivity index (χ0v) is 15.5. The molecule has 0 aromatic rings. The Labute approximate surface area is 146 Å². The first-order valence-electron chi connectivity index (χ1n) is 9.41. The summed E-state index contributed by atoms with van der Waals surface area (Å²) >= 11 is 0. The number of aliphatic hydroxyl groups is 1. The molecule has 3 N–H and O–H groups in total. The van der Waals surface area contributed by atoms with E-state index in [9.17, 15) is 14.7 Å². The molecule has 1 aliphatic heterocycles. The molecule has 1 atom stereocenters. The summed E-state index contributed by atoms with van der Waals surface area (Å²) in [4.78, 5) is 26.6. The Hall–Kier alpha value is -1.30. The smallest absolute Gasteiger partial charge is 0.315 e. The molecule has 1 heterocycles. The van der Waals surface area contributed by atoms with Crippen LogP contribution in [0.2, 0.25) is 0 Å². The lowest BCUT2D eigenvalue weighted by Gasteiger charge is -2.34. The van der Waals surface area contributed by atoms with E-state index in [-0.39, 0.29) is 18.5 Å². The van der Waals surface area contributed by atoms with Gasteiger partial charge >= 0.3 is 6.03 Å². The average molecular weight is 341 g/mol. The van der Waals surface area contributed by atoms with Crippen LogP contribution in [0.15, 0.2) is 0 Å². The Bertz CT molecular complexity index is 380. The third kappa shape index (κ3) is 7.51. The van der Waals surface area contributed by atoms with Crippen LogP contribution in [0.5, 0.6) is 0 Å².